The third-order valence-electron chi connectivity index (χ3n) is 4.54. The van der Waals surface area contributed by atoms with E-state index in [2.05, 4.69) is 9.97 Å². The van der Waals surface area contributed by atoms with Crippen LogP contribution in [0.5, 0.6) is 5.75 Å². The van der Waals surface area contributed by atoms with Gasteiger partial charge in [0.15, 0.2) is 6.61 Å². The van der Waals surface area contributed by atoms with Crippen molar-refractivity contribution in [2.45, 2.75) is 32.1 Å². The maximum absolute atomic E-state index is 12.7. The number of thiophene rings is 1. The van der Waals surface area contributed by atoms with Gasteiger partial charge < -0.3 is 14.8 Å². The first kappa shape index (κ1) is 16.8. The normalized spacial score (nSPS) is 14.0. The van der Waals surface area contributed by atoms with E-state index in [1.807, 2.05) is 6.07 Å². The molecule has 0 amide bonds. The molecule has 26 heavy (non-hydrogen) atoms. The van der Waals surface area contributed by atoms with Crippen LogP contribution in [0.2, 0.25) is 0 Å². The van der Waals surface area contributed by atoms with Crippen LogP contribution in [-0.4, -0.2) is 27.7 Å². The lowest BCUT2D eigenvalue weighted by Crippen LogP contribution is -2.11. The summed E-state index contributed by atoms with van der Waals surface area (Å²) in [7, 11) is 0. The second kappa shape index (κ2) is 6.92. The van der Waals surface area contributed by atoms with E-state index >= 15 is 0 Å². The van der Waals surface area contributed by atoms with Crippen molar-refractivity contribution >= 4 is 27.5 Å². The number of nitrogens with zero attached hydrogens (tertiary/aromatic N) is 1. The van der Waals surface area contributed by atoms with Crippen LogP contribution in [0.15, 0.2) is 29.1 Å². The maximum Gasteiger partial charge on any atom is 0.341 e. The molecule has 2 aromatic heterocycles. The number of aryl methyl sites for hydroxylation is 2. The molecule has 1 aromatic carbocycles. The highest BCUT2D eigenvalue weighted by atomic mass is 32.1. The zero-order chi connectivity index (χ0) is 18.1. The number of fused-ring (bicyclic) bond motifs is 3. The van der Waals surface area contributed by atoms with Crippen LogP contribution in [-0.2, 0) is 17.6 Å². The van der Waals surface area contributed by atoms with Crippen LogP contribution in [0.4, 0.5) is 0 Å². The van der Waals surface area contributed by atoms with Crippen molar-refractivity contribution < 1.29 is 14.6 Å². The molecule has 2 heterocycles. The smallest absolute Gasteiger partial charge is 0.341 e. The number of nitrogens with one attached hydrogen (secondary N) is 1. The summed E-state index contributed by atoms with van der Waals surface area (Å²) >= 11 is 1.61. The number of hydrogen-bond acceptors (Lipinski definition) is 5. The van der Waals surface area contributed by atoms with E-state index in [0.29, 0.717) is 17.1 Å². The zero-order valence-electron chi connectivity index (χ0n) is 14.1. The molecule has 0 spiro atoms. The van der Waals surface area contributed by atoms with Crippen LogP contribution in [0, 0.1) is 0 Å². The number of benzene rings is 1. The Labute approximate surface area is 153 Å². The fourth-order valence-corrected chi connectivity index (χ4v) is 4.62. The van der Waals surface area contributed by atoms with Crippen molar-refractivity contribution in [2.75, 3.05) is 6.61 Å². The summed E-state index contributed by atoms with van der Waals surface area (Å²) in [6.45, 7) is -0.413. The van der Waals surface area contributed by atoms with Gasteiger partial charge in [0, 0.05) is 10.4 Å². The summed E-state index contributed by atoms with van der Waals surface area (Å²) in [5.74, 6) is -0.141. The molecule has 0 atom stereocenters. The van der Waals surface area contributed by atoms with Crippen molar-refractivity contribution in [3.63, 3.8) is 0 Å². The van der Waals surface area contributed by atoms with Crippen molar-refractivity contribution in [1.29, 1.82) is 0 Å². The van der Waals surface area contributed by atoms with Crippen LogP contribution in [0.1, 0.15) is 29.7 Å². The Morgan fingerprint density at radius 1 is 1.27 bits per heavy atom. The van der Waals surface area contributed by atoms with Crippen molar-refractivity contribution in [3.8, 4) is 17.1 Å². The third kappa shape index (κ3) is 3.22. The minimum absolute atomic E-state index is 0.110. The largest absolute Gasteiger partial charge is 0.482 e. The number of hydrogen-bond donors (Lipinski definition) is 2. The summed E-state index contributed by atoms with van der Waals surface area (Å²) in [6, 6.07) is 6.93. The SMILES string of the molecule is O=C(O)COc1cccc(-c2nc3sc4c(c3c(=O)[nH]2)CCCCC4)c1. The van der Waals surface area contributed by atoms with Gasteiger partial charge in [-0.25, -0.2) is 9.78 Å². The molecule has 7 heteroatoms. The Hall–Kier alpha value is -2.67. The fraction of sp³-hybridized carbons (Fsp3) is 0.316. The molecule has 0 saturated heterocycles. The van der Waals surface area contributed by atoms with Crippen molar-refractivity contribution in [1.82, 2.24) is 9.97 Å². The van der Waals surface area contributed by atoms with Gasteiger partial charge in [-0.3, -0.25) is 4.79 Å². The number of carboxylic acid groups (broad SMARTS) is 1. The highest BCUT2D eigenvalue weighted by molar-refractivity contribution is 7.18. The first-order chi connectivity index (χ1) is 12.6. The van der Waals surface area contributed by atoms with Gasteiger partial charge in [-0.1, -0.05) is 18.6 Å². The summed E-state index contributed by atoms with van der Waals surface area (Å²) < 4.78 is 5.21. The lowest BCUT2D eigenvalue weighted by molar-refractivity contribution is -0.139. The van der Waals surface area contributed by atoms with Gasteiger partial charge >= 0.3 is 5.97 Å². The summed E-state index contributed by atoms with van der Waals surface area (Å²) in [4.78, 5) is 33.0. The summed E-state index contributed by atoms with van der Waals surface area (Å²) in [5.41, 5.74) is 1.75. The molecular formula is C19H18N2O4S. The lowest BCUT2D eigenvalue weighted by Gasteiger charge is -2.06. The topological polar surface area (TPSA) is 92.3 Å². The van der Waals surface area contributed by atoms with E-state index in [-0.39, 0.29) is 5.56 Å². The van der Waals surface area contributed by atoms with Gasteiger partial charge in [0.05, 0.1) is 5.39 Å². The van der Waals surface area contributed by atoms with Crippen LogP contribution in [0.25, 0.3) is 21.6 Å². The average molecular weight is 370 g/mol. The number of aromatic amines is 1. The molecule has 2 N–H and O–H groups in total. The van der Waals surface area contributed by atoms with Crippen LogP contribution < -0.4 is 10.3 Å². The van der Waals surface area contributed by atoms with Gasteiger partial charge in [0.1, 0.15) is 16.4 Å². The van der Waals surface area contributed by atoms with E-state index in [1.54, 1.807) is 29.5 Å². The first-order valence-corrected chi connectivity index (χ1v) is 9.43. The monoisotopic (exact) mass is 370 g/mol. The van der Waals surface area contributed by atoms with Gasteiger partial charge in [0.2, 0.25) is 0 Å². The predicted molar refractivity (Wildman–Crippen MR) is 100 cm³/mol. The van der Waals surface area contributed by atoms with E-state index in [1.165, 1.54) is 16.9 Å². The Balaban J connectivity index is 1.75. The number of H-pyrrole nitrogens is 1. The van der Waals surface area contributed by atoms with E-state index in [9.17, 15) is 9.59 Å². The molecule has 0 fully saturated rings. The number of ether oxygens (including phenoxy) is 1. The number of aliphatic carboxylic acids is 1. The first-order valence-electron chi connectivity index (χ1n) is 8.61. The molecule has 134 valence electrons. The van der Waals surface area contributed by atoms with E-state index in [0.717, 1.165) is 35.9 Å². The molecule has 0 aliphatic heterocycles. The highest BCUT2D eigenvalue weighted by Gasteiger charge is 2.19. The second-order valence-electron chi connectivity index (χ2n) is 6.37. The van der Waals surface area contributed by atoms with Gasteiger partial charge in [-0.15, -0.1) is 11.3 Å². The Kier molecular flexibility index (Phi) is 4.46. The molecular weight excluding hydrogens is 352 g/mol. The van der Waals surface area contributed by atoms with Crippen LogP contribution >= 0.6 is 11.3 Å². The molecule has 0 radical (unpaired) electrons. The highest BCUT2D eigenvalue weighted by Crippen LogP contribution is 2.33. The molecule has 0 bridgehead atoms. The van der Waals surface area contributed by atoms with E-state index < -0.39 is 12.6 Å². The molecule has 0 unspecified atom stereocenters. The van der Waals surface area contributed by atoms with Gasteiger partial charge in [-0.2, -0.15) is 0 Å². The molecule has 3 aromatic rings. The summed E-state index contributed by atoms with van der Waals surface area (Å²) in [5, 5.41) is 9.46. The predicted octanol–water partition coefficient (Wildman–Crippen LogP) is 3.38. The maximum atomic E-state index is 12.7. The zero-order valence-corrected chi connectivity index (χ0v) is 14.9. The minimum atomic E-state index is -1.04. The van der Waals surface area contributed by atoms with Crippen molar-refractivity contribution in [2.24, 2.45) is 0 Å². The molecule has 6 nitrogen and oxygen atoms in total. The Bertz CT molecular complexity index is 1040. The van der Waals surface area contributed by atoms with E-state index in [4.69, 9.17) is 9.84 Å². The second-order valence-corrected chi connectivity index (χ2v) is 7.45. The number of carbonyl (C=O) groups is 1. The van der Waals surface area contributed by atoms with Gasteiger partial charge in [0.25, 0.3) is 5.56 Å². The number of aromatic nitrogens is 2. The van der Waals surface area contributed by atoms with Crippen molar-refractivity contribution in [3.05, 3.63) is 45.1 Å². The average Bonchev–Trinajstić information content (AvgIpc) is 2.82. The quantitative estimate of drug-likeness (QED) is 0.687. The third-order valence-corrected chi connectivity index (χ3v) is 5.73. The van der Waals surface area contributed by atoms with Crippen LogP contribution in [0.3, 0.4) is 0 Å². The lowest BCUT2D eigenvalue weighted by atomic mass is 10.1. The molecule has 4 rings (SSSR count). The Morgan fingerprint density at radius 3 is 2.96 bits per heavy atom. The minimum Gasteiger partial charge on any atom is -0.482 e. The Morgan fingerprint density at radius 2 is 2.12 bits per heavy atom. The number of rotatable bonds is 4. The number of carboxylic acids is 1. The summed E-state index contributed by atoms with van der Waals surface area (Å²) in [6.07, 6.45) is 5.44. The molecule has 0 saturated carbocycles. The fourth-order valence-electron chi connectivity index (χ4n) is 3.36. The molecule has 1 aliphatic rings. The van der Waals surface area contributed by atoms with Gasteiger partial charge in [-0.05, 0) is 43.4 Å². The molecule has 1 aliphatic carbocycles. The standard InChI is InChI=1S/C19H18N2O4S/c22-15(23)10-25-12-6-4-5-11(9-12)17-20-18(24)16-13-7-2-1-3-8-14(13)26-19(16)21-17/h4-6,9H,1-3,7-8,10H2,(H,22,23)(H,20,21,24).